The summed E-state index contributed by atoms with van der Waals surface area (Å²) in [6, 6.07) is 8.14. The third-order valence-corrected chi connectivity index (χ3v) is 3.49. The summed E-state index contributed by atoms with van der Waals surface area (Å²) in [4.78, 5) is 0. The third kappa shape index (κ3) is 2.22. The molecule has 0 aliphatic heterocycles. The zero-order valence-corrected chi connectivity index (χ0v) is 11.8. The average molecular weight is 294 g/mol. The highest BCUT2D eigenvalue weighted by molar-refractivity contribution is 9.10. The Kier molecular flexibility index (Phi) is 3.24. The zero-order valence-electron chi connectivity index (χ0n) is 10.2. The van der Waals surface area contributed by atoms with E-state index in [4.69, 9.17) is 5.73 Å². The van der Waals surface area contributed by atoms with E-state index in [0.717, 1.165) is 15.9 Å². The highest BCUT2D eigenvalue weighted by Crippen LogP contribution is 2.31. The lowest BCUT2D eigenvalue weighted by Crippen LogP contribution is -2.02. The summed E-state index contributed by atoms with van der Waals surface area (Å²) in [5.41, 5.74) is 9.26. The van der Waals surface area contributed by atoms with Crippen molar-refractivity contribution in [1.29, 1.82) is 0 Å². The van der Waals surface area contributed by atoms with E-state index in [2.05, 4.69) is 53.9 Å². The molecule has 3 nitrogen and oxygen atoms in total. The molecule has 1 aromatic carbocycles. The molecular weight excluding hydrogens is 278 g/mol. The number of rotatable bonds is 2. The van der Waals surface area contributed by atoms with E-state index in [9.17, 15) is 0 Å². The van der Waals surface area contributed by atoms with Gasteiger partial charge in [0.2, 0.25) is 0 Å². The van der Waals surface area contributed by atoms with Gasteiger partial charge in [0.15, 0.2) is 0 Å². The van der Waals surface area contributed by atoms with Crippen LogP contribution in [0.1, 0.15) is 31.0 Å². The number of nitrogen functional groups attached to an aromatic ring is 1. The van der Waals surface area contributed by atoms with Crippen LogP contribution in [-0.4, -0.2) is 9.78 Å². The summed E-state index contributed by atoms with van der Waals surface area (Å²) in [6.45, 7) is 6.27. The van der Waals surface area contributed by atoms with Crippen molar-refractivity contribution in [3.05, 3.63) is 40.0 Å². The lowest BCUT2D eigenvalue weighted by Gasteiger charge is -2.04. The van der Waals surface area contributed by atoms with Crippen molar-refractivity contribution in [2.45, 2.75) is 26.7 Å². The fourth-order valence-corrected chi connectivity index (χ4v) is 2.46. The first-order chi connectivity index (χ1) is 8.00. The minimum atomic E-state index is 0.345. The number of aryl methyl sites for hydroxylation is 1. The van der Waals surface area contributed by atoms with E-state index in [1.807, 2.05) is 12.1 Å². The van der Waals surface area contributed by atoms with Crippen LogP contribution < -0.4 is 5.73 Å². The Bertz CT molecular complexity index is 544. The molecule has 2 aromatic rings. The first kappa shape index (κ1) is 12.2. The maximum absolute atomic E-state index is 6.08. The molecule has 17 heavy (non-hydrogen) atoms. The molecule has 4 heteroatoms. The summed E-state index contributed by atoms with van der Waals surface area (Å²) >= 11 is 3.51. The molecule has 90 valence electrons. The maximum Gasteiger partial charge on any atom is 0.141 e. The van der Waals surface area contributed by atoms with Gasteiger partial charge in [-0.15, -0.1) is 0 Å². The second-order valence-corrected chi connectivity index (χ2v) is 5.28. The number of benzene rings is 1. The summed E-state index contributed by atoms with van der Waals surface area (Å²) in [6.07, 6.45) is 0. The fraction of sp³-hybridized carbons (Fsp3) is 0.308. The van der Waals surface area contributed by atoms with Gasteiger partial charge in [-0.1, -0.05) is 26.0 Å². The second-order valence-electron chi connectivity index (χ2n) is 4.49. The smallest absolute Gasteiger partial charge is 0.141 e. The zero-order chi connectivity index (χ0) is 12.6. The van der Waals surface area contributed by atoms with Crippen molar-refractivity contribution in [2.75, 3.05) is 5.73 Å². The van der Waals surface area contributed by atoms with Gasteiger partial charge < -0.3 is 5.73 Å². The van der Waals surface area contributed by atoms with Gasteiger partial charge in [0, 0.05) is 0 Å². The predicted octanol–water partition coefficient (Wildman–Crippen LogP) is 3.65. The van der Waals surface area contributed by atoms with Crippen LogP contribution in [-0.2, 0) is 0 Å². The quantitative estimate of drug-likeness (QED) is 0.918. The van der Waals surface area contributed by atoms with E-state index >= 15 is 0 Å². The van der Waals surface area contributed by atoms with Gasteiger partial charge in [0.05, 0.1) is 15.9 Å². The molecule has 0 aliphatic rings. The molecule has 1 aromatic heterocycles. The molecule has 2 rings (SSSR count). The Morgan fingerprint density at radius 3 is 2.59 bits per heavy atom. The van der Waals surface area contributed by atoms with Gasteiger partial charge in [-0.3, -0.25) is 0 Å². The normalized spacial score (nSPS) is 11.1. The molecule has 0 radical (unpaired) electrons. The van der Waals surface area contributed by atoms with Crippen molar-refractivity contribution >= 4 is 21.7 Å². The van der Waals surface area contributed by atoms with Gasteiger partial charge in [-0.25, -0.2) is 4.68 Å². The van der Waals surface area contributed by atoms with Crippen LogP contribution in [0.25, 0.3) is 5.69 Å². The van der Waals surface area contributed by atoms with Crippen molar-refractivity contribution in [3.63, 3.8) is 0 Å². The summed E-state index contributed by atoms with van der Waals surface area (Å²) in [7, 11) is 0. The monoisotopic (exact) mass is 293 g/mol. The molecule has 0 unspecified atom stereocenters. The molecule has 0 aliphatic carbocycles. The number of nitrogens with zero attached hydrogens (tertiary/aromatic N) is 2. The lowest BCUT2D eigenvalue weighted by molar-refractivity contribution is 0.769. The van der Waals surface area contributed by atoms with Crippen LogP contribution in [0.15, 0.2) is 28.7 Å². The lowest BCUT2D eigenvalue weighted by atomic mass is 10.1. The molecule has 1 heterocycles. The first-order valence-corrected chi connectivity index (χ1v) is 6.41. The Morgan fingerprint density at radius 2 is 2.06 bits per heavy atom. The Balaban J connectivity index is 2.57. The van der Waals surface area contributed by atoms with Gasteiger partial charge in [-0.05, 0) is 46.5 Å². The molecule has 0 fully saturated rings. The highest BCUT2D eigenvalue weighted by Gasteiger charge is 2.16. The number of nitrogens with two attached hydrogens (primary N) is 1. The standard InChI is InChI=1S/C13H16BrN3/c1-8(2)12-11(14)13(15)17(16-12)10-6-4-5-9(3)7-10/h4-8H,15H2,1-3H3. The Morgan fingerprint density at radius 1 is 1.35 bits per heavy atom. The van der Waals surface area contributed by atoms with Crippen molar-refractivity contribution in [2.24, 2.45) is 0 Å². The van der Waals surface area contributed by atoms with Crippen LogP contribution in [0, 0.1) is 6.92 Å². The third-order valence-electron chi connectivity index (χ3n) is 2.68. The van der Waals surface area contributed by atoms with Gasteiger partial charge in [0.1, 0.15) is 5.82 Å². The fourth-order valence-electron chi connectivity index (χ4n) is 1.76. The van der Waals surface area contributed by atoms with Crippen molar-refractivity contribution in [1.82, 2.24) is 9.78 Å². The minimum Gasteiger partial charge on any atom is -0.383 e. The second kappa shape index (κ2) is 4.53. The number of aromatic nitrogens is 2. The Hall–Kier alpha value is -1.29. The SMILES string of the molecule is Cc1cccc(-n2nc(C(C)C)c(Br)c2N)c1. The van der Waals surface area contributed by atoms with Crippen LogP contribution in [0.3, 0.4) is 0 Å². The van der Waals surface area contributed by atoms with Crippen molar-refractivity contribution < 1.29 is 0 Å². The Labute approximate surface area is 110 Å². The van der Waals surface area contributed by atoms with E-state index in [1.165, 1.54) is 5.56 Å². The molecule has 2 N–H and O–H groups in total. The number of hydrogen-bond donors (Lipinski definition) is 1. The van der Waals surface area contributed by atoms with Crippen LogP contribution in [0.2, 0.25) is 0 Å². The van der Waals surface area contributed by atoms with E-state index in [0.29, 0.717) is 11.7 Å². The predicted molar refractivity (Wildman–Crippen MR) is 74.5 cm³/mol. The highest BCUT2D eigenvalue weighted by atomic mass is 79.9. The van der Waals surface area contributed by atoms with E-state index in [-0.39, 0.29) is 0 Å². The number of hydrogen-bond acceptors (Lipinski definition) is 2. The van der Waals surface area contributed by atoms with E-state index < -0.39 is 0 Å². The number of anilines is 1. The van der Waals surface area contributed by atoms with Gasteiger partial charge in [-0.2, -0.15) is 5.10 Å². The van der Waals surface area contributed by atoms with Crippen LogP contribution >= 0.6 is 15.9 Å². The minimum absolute atomic E-state index is 0.345. The topological polar surface area (TPSA) is 43.8 Å². The summed E-state index contributed by atoms with van der Waals surface area (Å²) < 4.78 is 2.68. The summed E-state index contributed by atoms with van der Waals surface area (Å²) in [5, 5.41) is 4.56. The molecule has 0 atom stereocenters. The first-order valence-electron chi connectivity index (χ1n) is 5.61. The maximum atomic E-state index is 6.08. The molecule has 0 bridgehead atoms. The molecule has 0 saturated carbocycles. The largest absolute Gasteiger partial charge is 0.383 e. The van der Waals surface area contributed by atoms with Gasteiger partial charge in [0.25, 0.3) is 0 Å². The molecular formula is C13H16BrN3. The summed E-state index contributed by atoms with van der Waals surface area (Å²) in [5.74, 6) is 0.997. The molecule has 0 amide bonds. The van der Waals surface area contributed by atoms with E-state index in [1.54, 1.807) is 4.68 Å². The molecule has 0 saturated heterocycles. The average Bonchev–Trinajstić information content (AvgIpc) is 2.56. The van der Waals surface area contributed by atoms with Crippen molar-refractivity contribution in [3.8, 4) is 5.69 Å². The van der Waals surface area contributed by atoms with Crippen LogP contribution in [0.4, 0.5) is 5.82 Å². The van der Waals surface area contributed by atoms with Gasteiger partial charge >= 0.3 is 0 Å². The molecule has 0 spiro atoms. The van der Waals surface area contributed by atoms with Crippen LogP contribution in [0.5, 0.6) is 0 Å². The number of halogens is 1.